The van der Waals surface area contributed by atoms with Crippen molar-refractivity contribution < 1.29 is 14.3 Å². The van der Waals surface area contributed by atoms with Gasteiger partial charge in [0.1, 0.15) is 5.75 Å². The van der Waals surface area contributed by atoms with Gasteiger partial charge in [-0.2, -0.15) is 0 Å². The molecule has 1 aromatic carbocycles. The number of nitrogens with one attached hydrogen (secondary N) is 1. The fourth-order valence-electron chi connectivity index (χ4n) is 4.58. The number of ether oxygens (including phenoxy) is 1. The number of rotatable bonds is 9. The monoisotopic (exact) mass is 508 g/mol. The second-order valence-corrected chi connectivity index (χ2v) is 10.7. The van der Waals surface area contributed by atoms with Gasteiger partial charge in [-0.3, -0.25) is 9.69 Å². The first-order valence-electron chi connectivity index (χ1n) is 12.3. The number of hydrazine groups is 2. The molecule has 0 aromatic heterocycles. The highest BCUT2D eigenvalue weighted by Gasteiger charge is 2.47. The lowest BCUT2D eigenvalue weighted by Gasteiger charge is -2.32. The molecule has 35 heavy (non-hydrogen) atoms. The van der Waals surface area contributed by atoms with Crippen LogP contribution in [-0.4, -0.2) is 52.4 Å². The second kappa shape index (κ2) is 11.5. The van der Waals surface area contributed by atoms with E-state index in [2.05, 4.69) is 10.5 Å². The van der Waals surface area contributed by atoms with Crippen molar-refractivity contribution >= 4 is 29.2 Å². The predicted octanol–water partition coefficient (Wildman–Crippen LogP) is 4.94. The highest BCUT2D eigenvalue weighted by Crippen LogP contribution is 2.33. The average molecular weight is 509 g/mol. The molecule has 1 atom stereocenters. The molecule has 1 saturated heterocycles. The Morgan fingerprint density at radius 1 is 1.26 bits per heavy atom. The van der Waals surface area contributed by atoms with Crippen LogP contribution >= 0.6 is 11.6 Å². The number of carbonyl (C=O) groups excluding carboxylic acids is 2. The average Bonchev–Trinajstić information content (AvgIpc) is 2.99. The molecular weight excluding hydrogens is 472 g/mol. The molecule has 1 unspecified atom stereocenters. The summed E-state index contributed by atoms with van der Waals surface area (Å²) in [6.07, 6.45) is 6.07. The van der Waals surface area contributed by atoms with E-state index in [0.717, 1.165) is 25.7 Å². The van der Waals surface area contributed by atoms with Gasteiger partial charge in [0.15, 0.2) is 6.29 Å². The lowest BCUT2D eigenvalue weighted by molar-refractivity contribution is -0.128. The van der Waals surface area contributed by atoms with E-state index in [-0.39, 0.29) is 18.7 Å². The van der Waals surface area contributed by atoms with Crippen LogP contribution in [0.4, 0.5) is 10.5 Å². The van der Waals surface area contributed by atoms with Crippen LogP contribution in [0.5, 0.6) is 5.75 Å². The molecule has 2 aliphatic rings. The number of halogens is 1. The van der Waals surface area contributed by atoms with Crippen LogP contribution in [0.1, 0.15) is 66.2 Å². The van der Waals surface area contributed by atoms with E-state index < -0.39 is 17.6 Å². The fraction of sp³-hybridized carbons (Fsp3) is 0.667. The van der Waals surface area contributed by atoms with Crippen molar-refractivity contribution in [1.29, 1.82) is 0 Å². The van der Waals surface area contributed by atoms with Crippen molar-refractivity contribution in [1.82, 2.24) is 15.0 Å². The molecule has 0 spiro atoms. The van der Waals surface area contributed by atoms with Crippen LogP contribution in [0.25, 0.3) is 0 Å². The van der Waals surface area contributed by atoms with Gasteiger partial charge in [0.2, 0.25) is 0 Å². The van der Waals surface area contributed by atoms with Crippen LogP contribution < -0.4 is 15.9 Å². The third-order valence-corrected chi connectivity index (χ3v) is 6.81. The summed E-state index contributed by atoms with van der Waals surface area (Å²) in [6.45, 7) is 7.44. The van der Waals surface area contributed by atoms with Gasteiger partial charge in [-0.15, -0.1) is 10.0 Å². The Kier molecular flexibility index (Phi) is 8.95. The maximum Gasteiger partial charge on any atom is 0.338 e. The summed E-state index contributed by atoms with van der Waals surface area (Å²) >= 11 is 6.42. The molecule has 3 N–H and O–H groups in total. The first-order chi connectivity index (χ1) is 16.5. The number of nitrogens with zero attached hydrogens (tertiary/aromatic N) is 4. The molecule has 1 aliphatic carbocycles. The van der Waals surface area contributed by atoms with Gasteiger partial charge in [0.25, 0.3) is 5.91 Å². The topological polar surface area (TPSA) is 121 Å². The van der Waals surface area contributed by atoms with Crippen molar-refractivity contribution in [3.05, 3.63) is 28.1 Å². The van der Waals surface area contributed by atoms with Crippen molar-refractivity contribution in [2.24, 2.45) is 22.4 Å². The largest absolute Gasteiger partial charge is 0.489 e. The van der Waals surface area contributed by atoms with Gasteiger partial charge in [-0.25, -0.2) is 15.6 Å². The first-order valence-corrected chi connectivity index (χ1v) is 12.6. The Labute approximate surface area is 212 Å². The zero-order valence-electron chi connectivity index (χ0n) is 21.0. The number of urea groups is 1. The molecular formula is C24H37ClN6O4. The quantitative estimate of drug-likeness (QED) is 0.275. The molecule has 0 radical (unpaired) electrons. The number of amides is 3. The number of nitrogens with two attached hydrogens (primary N) is 1. The molecule has 3 rings (SSSR count). The summed E-state index contributed by atoms with van der Waals surface area (Å²) in [5, 5.41) is 8.89. The molecule has 11 heteroatoms. The van der Waals surface area contributed by atoms with Gasteiger partial charge < -0.3 is 10.1 Å². The third-order valence-electron chi connectivity index (χ3n) is 6.52. The van der Waals surface area contributed by atoms with Gasteiger partial charge in [-0.1, -0.05) is 37.3 Å². The standard InChI is InChI=1S/C24H37ClN6O4/c1-16(2)35-20-12-11-18(13-19(20)25)27-22-29(14-17-9-7-5-6-8-10-17)23(33)30(31(22)26)15-24(3,4)21(32)28-34/h11-13,16-17,22,27H,5-10,14-15,26H2,1-4H3. The molecule has 1 aliphatic heterocycles. The smallest absolute Gasteiger partial charge is 0.338 e. The highest BCUT2D eigenvalue weighted by molar-refractivity contribution is 6.32. The second-order valence-electron chi connectivity index (χ2n) is 10.3. The normalized spacial score (nSPS) is 20.3. The van der Waals surface area contributed by atoms with E-state index in [4.69, 9.17) is 22.2 Å². The van der Waals surface area contributed by atoms with Crippen LogP contribution in [0.3, 0.4) is 0 Å². The lowest BCUT2D eigenvalue weighted by Crippen LogP contribution is -2.54. The first kappa shape index (κ1) is 27.2. The van der Waals surface area contributed by atoms with Crippen molar-refractivity contribution in [2.75, 3.05) is 18.4 Å². The number of hydrogen-bond acceptors (Lipinski definition) is 7. The number of anilines is 1. The van der Waals surface area contributed by atoms with Crippen molar-refractivity contribution in [3.8, 4) is 5.75 Å². The lowest BCUT2D eigenvalue weighted by atomic mass is 9.92. The highest BCUT2D eigenvalue weighted by atomic mass is 35.5. The number of benzene rings is 1. The Balaban J connectivity index is 1.85. The number of nitroso groups, excluding NO2 is 1. The molecule has 0 bridgehead atoms. The minimum atomic E-state index is -1.18. The van der Waals surface area contributed by atoms with Gasteiger partial charge in [-0.05, 0) is 64.7 Å². The minimum absolute atomic E-state index is 0.0196. The summed E-state index contributed by atoms with van der Waals surface area (Å²) < 4.78 is 5.71. The van der Waals surface area contributed by atoms with E-state index >= 15 is 0 Å². The van der Waals surface area contributed by atoms with E-state index in [1.807, 2.05) is 19.9 Å². The summed E-state index contributed by atoms with van der Waals surface area (Å²) in [5.41, 5.74) is -0.520. The van der Waals surface area contributed by atoms with Gasteiger partial charge in [0.05, 0.1) is 23.1 Å². The summed E-state index contributed by atoms with van der Waals surface area (Å²) in [6, 6.07) is 4.99. The zero-order valence-corrected chi connectivity index (χ0v) is 21.8. The third kappa shape index (κ3) is 6.62. The van der Waals surface area contributed by atoms with E-state index in [1.54, 1.807) is 30.9 Å². The Bertz CT molecular complexity index is 919. The summed E-state index contributed by atoms with van der Waals surface area (Å²) in [7, 11) is 0. The van der Waals surface area contributed by atoms with Crippen LogP contribution in [0, 0.1) is 16.2 Å². The maximum atomic E-state index is 13.5. The molecule has 1 saturated carbocycles. The number of carbonyl (C=O) groups is 2. The predicted molar refractivity (Wildman–Crippen MR) is 135 cm³/mol. The molecule has 10 nitrogen and oxygen atoms in total. The van der Waals surface area contributed by atoms with Crippen molar-refractivity contribution in [3.63, 3.8) is 0 Å². The van der Waals surface area contributed by atoms with Crippen molar-refractivity contribution in [2.45, 2.75) is 78.6 Å². The zero-order chi connectivity index (χ0) is 25.8. The van der Waals surface area contributed by atoms with E-state index in [0.29, 0.717) is 28.9 Å². The van der Waals surface area contributed by atoms with Crippen LogP contribution in [0.2, 0.25) is 5.02 Å². The van der Waals surface area contributed by atoms with Gasteiger partial charge >= 0.3 is 6.03 Å². The number of hydrogen-bond donors (Lipinski definition) is 2. The Hall–Kier alpha value is -2.43. The summed E-state index contributed by atoms with van der Waals surface area (Å²) in [5.74, 6) is 6.52. The van der Waals surface area contributed by atoms with Gasteiger partial charge in [0, 0.05) is 17.4 Å². The SMILES string of the molecule is CC(C)Oc1ccc(NC2N(CC3CCCCCC3)C(=O)N(CC(C)(C)C(=O)N=O)N2N)cc1Cl. The van der Waals surface area contributed by atoms with Crippen LogP contribution in [-0.2, 0) is 4.79 Å². The molecule has 1 heterocycles. The summed E-state index contributed by atoms with van der Waals surface area (Å²) in [4.78, 5) is 38.2. The molecule has 3 amide bonds. The molecule has 2 fully saturated rings. The van der Waals surface area contributed by atoms with Crippen LogP contribution in [0.15, 0.2) is 23.4 Å². The molecule has 194 valence electrons. The Morgan fingerprint density at radius 3 is 2.49 bits per heavy atom. The van der Waals surface area contributed by atoms with E-state index in [1.165, 1.54) is 23.0 Å². The Morgan fingerprint density at radius 2 is 1.91 bits per heavy atom. The van der Waals surface area contributed by atoms with E-state index in [9.17, 15) is 14.5 Å². The molecule has 1 aromatic rings. The minimum Gasteiger partial charge on any atom is -0.489 e. The maximum absolute atomic E-state index is 13.5. The fourth-order valence-corrected chi connectivity index (χ4v) is 4.80.